The average Bonchev–Trinajstić information content (AvgIpc) is 2.93. The Bertz CT molecular complexity index is 672. The molecule has 0 saturated heterocycles. The number of aryl methyl sites for hydroxylation is 1. The number of unbranched alkanes of at least 4 members (excludes halogenated alkanes) is 1. The van der Waals surface area contributed by atoms with E-state index >= 15 is 0 Å². The molecular weight excluding hydrogens is 351 g/mol. The molecule has 0 saturated carbocycles. The number of thiocarbonyl (C=S) groups is 1. The monoisotopic (exact) mass is 370 g/mol. The largest absolute Gasteiger partial charge is 0.362 e. The number of rotatable bonds is 6. The molecular formula is C17H20ClFN2S2. The smallest absolute Gasteiger partial charge is 0.173 e. The minimum Gasteiger partial charge on any atom is -0.362 e. The molecule has 0 aliphatic carbocycles. The number of nitrogens with zero attached hydrogens (tertiary/aromatic N) is 1. The summed E-state index contributed by atoms with van der Waals surface area (Å²) in [6.07, 6.45) is 2.15. The molecule has 0 spiro atoms. The molecule has 1 heterocycles. The molecule has 0 amide bonds. The van der Waals surface area contributed by atoms with Gasteiger partial charge in [0.2, 0.25) is 0 Å². The molecule has 1 aromatic carbocycles. The van der Waals surface area contributed by atoms with Crippen LogP contribution in [-0.2, 0) is 6.54 Å². The Morgan fingerprint density at radius 3 is 2.78 bits per heavy atom. The zero-order chi connectivity index (χ0) is 16.8. The van der Waals surface area contributed by atoms with Gasteiger partial charge < -0.3 is 10.2 Å². The quantitative estimate of drug-likeness (QED) is 0.531. The third-order valence-corrected chi connectivity index (χ3v) is 5.20. The van der Waals surface area contributed by atoms with Crippen LogP contribution in [-0.4, -0.2) is 11.7 Å². The lowest BCUT2D eigenvalue weighted by molar-refractivity contribution is 0.628. The lowest BCUT2D eigenvalue weighted by Crippen LogP contribution is -2.39. The molecule has 0 aliphatic rings. The summed E-state index contributed by atoms with van der Waals surface area (Å²) in [5.74, 6) is -0.424. The fourth-order valence-electron chi connectivity index (χ4n) is 2.11. The fourth-order valence-corrected chi connectivity index (χ4v) is 3.45. The van der Waals surface area contributed by atoms with Gasteiger partial charge in [0.05, 0.1) is 11.6 Å². The zero-order valence-electron chi connectivity index (χ0n) is 13.2. The van der Waals surface area contributed by atoms with Crippen LogP contribution in [0.1, 0.15) is 30.2 Å². The van der Waals surface area contributed by atoms with Gasteiger partial charge in [-0.05, 0) is 60.8 Å². The van der Waals surface area contributed by atoms with Crippen molar-refractivity contribution < 1.29 is 4.39 Å². The summed E-state index contributed by atoms with van der Waals surface area (Å²) in [7, 11) is 0. The van der Waals surface area contributed by atoms with Gasteiger partial charge in [-0.25, -0.2) is 4.39 Å². The van der Waals surface area contributed by atoms with E-state index in [4.69, 9.17) is 23.8 Å². The predicted molar refractivity (Wildman–Crippen MR) is 102 cm³/mol. The van der Waals surface area contributed by atoms with E-state index < -0.39 is 5.82 Å². The number of nitrogens with one attached hydrogen (secondary N) is 1. The number of anilines is 1. The summed E-state index contributed by atoms with van der Waals surface area (Å²) in [6.45, 7) is 5.68. The standard InChI is InChI=1S/C17H20ClFN2S2/c1-3-4-8-20-17(22)21(11-16-12(2)7-9-23-16)13-5-6-15(19)14(18)10-13/h5-7,9-10H,3-4,8,11H2,1-2H3,(H,20,22). The molecule has 1 aromatic heterocycles. The molecule has 124 valence electrons. The Morgan fingerprint density at radius 1 is 1.39 bits per heavy atom. The molecule has 6 heteroatoms. The Hall–Kier alpha value is -1.17. The van der Waals surface area contributed by atoms with Crippen LogP contribution in [0.25, 0.3) is 0 Å². The van der Waals surface area contributed by atoms with Crippen molar-refractivity contribution >= 4 is 46.0 Å². The van der Waals surface area contributed by atoms with Crippen molar-refractivity contribution in [2.24, 2.45) is 0 Å². The third-order valence-electron chi connectivity index (χ3n) is 3.54. The van der Waals surface area contributed by atoms with E-state index in [1.807, 2.05) is 4.90 Å². The normalized spacial score (nSPS) is 10.6. The predicted octanol–water partition coefficient (Wildman–Crippen LogP) is 5.53. The lowest BCUT2D eigenvalue weighted by Gasteiger charge is -2.26. The second kappa shape index (κ2) is 8.62. The van der Waals surface area contributed by atoms with E-state index in [1.54, 1.807) is 23.5 Å². The van der Waals surface area contributed by atoms with Crippen LogP contribution in [0.3, 0.4) is 0 Å². The van der Waals surface area contributed by atoms with Gasteiger partial charge in [0.25, 0.3) is 0 Å². The van der Waals surface area contributed by atoms with E-state index in [9.17, 15) is 4.39 Å². The van der Waals surface area contributed by atoms with E-state index in [0.29, 0.717) is 11.7 Å². The highest BCUT2D eigenvalue weighted by molar-refractivity contribution is 7.80. The lowest BCUT2D eigenvalue weighted by atomic mass is 10.2. The first-order valence-corrected chi connectivity index (χ1v) is 9.23. The van der Waals surface area contributed by atoms with Gasteiger partial charge in [-0.3, -0.25) is 0 Å². The van der Waals surface area contributed by atoms with E-state index in [2.05, 4.69) is 30.6 Å². The first-order valence-electron chi connectivity index (χ1n) is 7.56. The maximum Gasteiger partial charge on any atom is 0.173 e. The number of hydrogen-bond donors (Lipinski definition) is 1. The molecule has 2 aromatic rings. The minimum atomic E-state index is -0.424. The van der Waals surface area contributed by atoms with Crippen LogP contribution in [0.5, 0.6) is 0 Å². The Labute approximate surface area is 151 Å². The molecule has 23 heavy (non-hydrogen) atoms. The van der Waals surface area contributed by atoms with E-state index in [0.717, 1.165) is 25.1 Å². The van der Waals surface area contributed by atoms with Gasteiger partial charge in [0.15, 0.2) is 5.11 Å². The molecule has 0 fully saturated rings. The maximum atomic E-state index is 13.5. The van der Waals surface area contributed by atoms with Crippen LogP contribution in [0.15, 0.2) is 29.6 Å². The number of hydrogen-bond acceptors (Lipinski definition) is 2. The first-order chi connectivity index (χ1) is 11.0. The molecule has 0 atom stereocenters. The zero-order valence-corrected chi connectivity index (χ0v) is 15.6. The summed E-state index contributed by atoms with van der Waals surface area (Å²) in [6, 6.07) is 6.79. The van der Waals surface area contributed by atoms with Crippen molar-refractivity contribution in [2.75, 3.05) is 11.4 Å². The van der Waals surface area contributed by atoms with Crippen LogP contribution in [0, 0.1) is 12.7 Å². The van der Waals surface area contributed by atoms with Crippen LogP contribution < -0.4 is 10.2 Å². The highest BCUT2D eigenvalue weighted by Gasteiger charge is 2.16. The van der Waals surface area contributed by atoms with Crippen LogP contribution >= 0.6 is 35.2 Å². The van der Waals surface area contributed by atoms with Crippen molar-refractivity contribution in [3.05, 3.63) is 50.9 Å². The molecule has 0 aliphatic heterocycles. The Balaban J connectivity index is 2.24. The Kier molecular flexibility index (Phi) is 6.81. The SMILES string of the molecule is CCCCNC(=S)N(Cc1sccc1C)c1ccc(F)c(Cl)c1. The van der Waals surface area contributed by atoms with Gasteiger partial charge in [0, 0.05) is 17.1 Å². The third kappa shape index (κ3) is 4.90. The summed E-state index contributed by atoms with van der Waals surface area (Å²) >= 11 is 13.2. The number of benzene rings is 1. The summed E-state index contributed by atoms with van der Waals surface area (Å²) in [5.41, 5.74) is 2.02. The second-order valence-electron chi connectivity index (χ2n) is 5.30. The van der Waals surface area contributed by atoms with Crippen LogP contribution in [0.4, 0.5) is 10.1 Å². The maximum absolute atomic E-state index is 13.5. The van der Waals surface area contributed by atoms with Gasteiger partial charge in [-0.1, -0.05) is 24.9 Å². The topological polar surface area (TPSA) is 15.3 Å². The number of halogens is 2. The van der Waals surface area contributed by atoms with E-state index in [1.165, 1.54) is 16.5 Å². The van der Waals surface area contributed by atoms with Gasteiger partial charge in [-0.15, -0.1) is 11.3 Å². The van der Waals surface area contributed by atoms with Crippen LogP contribution in [0.2, 0.25) is 5.02 Å². The molecule has 0 unspecified atom stereocenters. The molecule has 0 radical (unpaired) electrons. The van der Waals surface area contributed by atoms with Crippen molar-refractivity contribution in [3.63, 3.8) is 0 Å². The fraction of sp³-hybridized carbons (Fsp3) is 0.353. The van der Waals surface area contributed by atoms with Crippen molar-refractivity contribution in [1.29, 1.82) is 0 Å². The minimum absolute atomic E-state index is 0.103. The highest BCUT2D eigenvalue weighted by Crippen LogP contribution is 2.26. The number of thiophene rings is 1. The molecule has 1 N–H and O–H groups in total. The van der Waals surface area contributed by atoms with Crippen molar-refractivity contribution in [1.82, 2.24) is 5.32 Å². The van der Waals surface area contributed by atoms with Crippen molar-refractivity contribution in [2.45, 2.75) is 33.2 Å². The van der Waals surface area contributed by atoms with Gasteiger partial charge in [-0.2, -0.15) is 0 Å². The summed E-state index contributed by atoms with van der Waals surface area (Å²) in [4.78, 5) is 3.19. The highest BCUT2D eigenvalue weighted by atomic mass is 35.5. The molecule has 0 bridgehead atoms. The summed E-state index contributed by atoms with van der Waals surface area (Å²) in [5, 5.41) is 6.07. The molecule has 2 rings (SSSR count). The van der Waals surface area contributed by atoms with Crippen molar-refractivity contribution in [3.8, 4) is 0 Å². The van der Waals surface area contributed by atoms with Gasteiger partial charge in [0.1, 0.15) is 5.82 Å². The Morgan fingerprint density at radius 2 is 2.17 bits per heavy atom. The van der Waals surface area contributed by atoms with E-state index in [-0.39, 0.29) is 5.02 Å². The molecule has 2 nitrogen and oxygen atoms in total. The second-order valence-corrected chi connectivity index (χ2v) is 7.09. The first kappa shape index (κ1) is 18.2. The average molecular weight is 371 g/mol. The van der Waals surface area contributed by atoms with Gasteiger partial charge >= 0.3 is 0 Å². The summed E-state index contributed by atoms with van der Waals surface area (Å²) < 4.78 is 13.5.